The van der Waals surface area contributed by atoms with Crippen LogP contribution in [0.3, 0.4) is 0 Å². The molecule has 0 aliphatic carbocycles. The number of hydrogen-bond donors (Lipinski definition) is 1. The molecule has 0 unspecified atom stereocenters. The summed E-state index contributed by atoms with van der Waals surface area (Å²) in [5.41, 5.74) is 2.05. The number of sulfonamides is 1. The Morgan fingerprint density at radius 3 is 2.22 bits per heavy atom. The SMILES string of the molecule is CCN(c1ccc(C(=O)NCCCc2ccc(F)cc2)cc1)S(=O)(=O)CC. The highest BCUT2D eigenvalue weighted by Crippen LogP contribution is 2.19. The van der Waals surface area contributed by atoms with E-state index in [1.807, 2.05) is 0 Å². The highest BCUT2D eigenvalue weighted by molar-refractivity contribution is 7.92. The van der Waals surface area contributed by atoms with Gasteiger partial charge in [-0.3, -0.25) is 9.10 Å². The molecule has 2 rings (SSSR count). The molecule has 0 spiro atoms. The molecule has 2 aromatic carbocycles. The van der Waals surface area contributed by atoms with Crippen LogP contribution >= 0.6 is 0 Å². The van der Waals surface area contributed by atoms with E-state index < -0.39 is 10.0 Å². The van der Waals surface area contributed by atoms with Crippen molar-refractivity contribution >= 4 is 21.6 Å². The van der Waals surface area contributed by atoms with Crippen LogP contribution in [0.25, 0.3) is 0 Å². The molecule has 0 atom stereocenters. The van der Waals surface area contributed by atoms with Crippen molar-refractivity contribution in [3.05, 3.63) is 65.5 Å². The first kappa shape index (κ1) is 20.9. The fraction of sp³-hybridized carbons (Fsp3) is 0.350. The lowest BCUT2D eigenvalue weighted by molar-refractivity contribution is 0.0953. The molecule has 0 aliphatic heterocycles. The zero-order valence-electron chi connectivity index (χ0n) is 15.6. The summed E-state index contributed by atoms with van der Waals surface area (Å²) in [6.07, 6.45) is 1.49. The first-order chi connectivity index (χ1) is 12.9. The van der Waals surface area contributed by atoms with Gasteiger partial charge in [-0.25, -0.2) is 12.8 Å². The molecule has 0 heterocycles. The van der Waals surface area contributed by atoms with Gasteiger partial charge in [0.25, 0.3) is 5.91 Å². The van der Waals surface area contributed by atoms with E-state index in [4.69, 9.17) is 0 Å². The van der Waals surface area contributed by atoms with Crippen molar-refractivity contribution in [2.24, 2.45) is 0 Å². The molecule has 0 bridgehead atoms. The Morgan fingerprint density at radius 1 is 1.04 bits per heavy atom. The summed E-state index contributed by atoms with van der Waals surface area (Å²) in [5.74, 6) is -0.442. The van der Waals surface area contributed by atoms with Gasteiger partial charge < -0.3 is 5.32 Å². The number of carbonyl (C=O) groups is 1. The monoisotopic (exact) mass is 392 g/mol. The van der Waals surface area contributed by atoms with E-state index >= 15 is 0 Å². The van der Waals surface area contributed by atoms with Crippen LogP contribution in [0.5, 0.6) is 0 Å². The maximum Gasteiger partial charge on any atom is 0.251 e. The first-order valence-corrected chi connectivity index (χ1v) is 10.6. The average Bonchev–Trinajstić information content (AvgIpc) is 2.67. The molecule has 1 N–H and O–H groups in total. The van der Waals surface area contributed by atoms with E-state index in [1.165, 1.54) is 16.4 Å². The number of rotatable bonds is 9. The number of amides is 1. The van der Waals surface area contributed by atoms with Gasteiger partial charge >= 0.3 is 0 Å². The average molecular weight is 392 g/mol. The molecule has 0 aromatic heterocycles. The number of halogens is 1. The van der Waals surface area contributed by atoms with Crippen molar-refractivity contribution in [3.8, 4) is 0 Å². The van der Waals surface area contributed by atoms with Crippen molar-refractivity contribution < 1.29 is 17.6 Å². The zero-order chi connectivity index (χ0) is 19.9. The van der Waals surface area contributed by atoms with Crippen molar-refractivity contribution in [1.29, 1.82) is 0 Å². The van der Waals surface area contributed by atoms with Crippen LogP contribution < -0.4 is 9.62 Å². The Kier molecular flexibility index (Phi) is 7.36. The molecule has 7 heteroatoms. The molecule has 2 aromatic rings. The Bertz CT molecular complexity index is 850. The first-order valence-electron chi connectivity index (χ1n) is 9.00. The fourth-order valence-corrected chi connectivity index (χ4v) is 3.87. The Balaban J connectivity index is 1.88. The topological polar surface area (TPSA) is 66.5 Å². The fourth-order valence-electron chi connectivity index (χ4n) is 2.72. The van der Waals surface area contributed by atoms with E-state index in [9.17, 15) is 17.6 Å². The number of nitrogens with one attached hydrogen (secondary N) is 1. The molecule has 0 saturated heterocycles. The number of anilines is 1. The quantitative estimate of drug-likeness (QED) is 0.666. The Hall–Kier alpha value is -2.41. The smallest absolute Gasteiger partial charge is 0.251 e. The molecule has 0 radical (unpaired) electrons. The number of carbonyl (C=O) groups excluding carboxylic acids is 1. The van der Waals surface area contributed by atoms with Crippen LogP contribution in [0.2, 0.25) is 0 Å². The summed E-state index contributed by atoms with van der Waals surface area (Å²) in [7, 11) is -3.33. The van der Waals surface area contributed by atoms with Crippen LogP contribution in [-0.4, -0.2) is 33.2 Å². The third kappa shape index (κ3) is 5.79. The maximum atomic E-state index is 12.9. The van der Waals surface area contributed by atoms with Gasteiger partial charge in [0.2, 0.25) is 10.0 Å². The predicted octanol–water partition coefficient (Wildman–Crippen LogP) is 3.36. The summed E-state index contributed by atoms with van der Waals surface area (Å²) in [6.45, 7) is 4.22. The van der Waals surface area contributed by atoms with Crippen molar-refractivity contribution in [2.75, 3.05) is 23.1 Å². The molecule has 0 saturated carbocycles. The molecule has 146 valence electrons. The van der Waals surface area contributed by atoms with Gasteiger partial charge in [-0.1, -0.05) is 12.1 Å². The Labute approximate surface area is 160 Å². The summed E-state index contributed by atoms with van der Waals surface area (Å²) in [6, 6.07) is 12.9. The van der Waals surface area contributed by atoms with E-state index in [-0.39, 0.29) is 17.5 Å². The molecule has 5 nitrogen and oxygen atoms in total. The van der Waals surface area contributed by atoms with Crippen molar-refractivity contribution in [2.45, 2.75) is 26.7 Å². The van der Waals surface area contributed by atoms with Crippen LogP contribution in [-0.2, 0) is 16.4 Å². The summed E-state index contributed by atoms with van der Waals surface area (Å²) in [4.78, 5) is 12.2. The minimum absolute atomic E-state index is 0.0249. The molecular formula is C20H25FN2O3S. The van der Waals surface area contributed by atoms with E-state index in [0.717, 1.165) is 18.4 Å². The molecule has 27 heavy (non-hydrogen) atoms. The van der Waals surface area contributed by atoms with Gasteiger partial charge in [0, 0.05) is 18.7 Å². The van der Waals surface area contributed by atoms with Gasteiger partial charge in [-0.2, -0.15) is 0 Å². The Morgan fingerprint density at radius 2 is 1.67 bits per heavy atom. The lowest BCUT2D eigenvalue weighted by atomic mass is 10.1. The molecular weight excluding hydrogens is 367 g/mol. The lowest BCUT2D eigenvalue weighted by Crippen LogP contribution is -2.32. The largest absolute Gasteiger partial charge is 0.352 e. The predicted molar refractivity (Wildman–Crippen MR) is 106 cm³/mol. The molecule has 1 amide bonds. The van der Waals surface area contributed by atoms with E-state index in [2.05, 4.69) is 5.32 Å². The minimum atomic E-state index is -3.33. The second-order valence-electron chi connectivity index (χ2n) is 6.10. The number of hydrogen-bond acceptors (Lipinski definition) is 3. The van der Waals surface area contributed by atoms with Gasteiger partial charge in [-0.15, -0.1) is 0 Å². The van der Waals surface area contributed by atoms with Crippen LogP contribution in [0.1, 0.15) is 36.2 Å². The van der Waals surface area contributed by atoms with Gasteiger partial charge in [0.15, 0.2) is 0 Å². The summed E-state index contributed by atoms with van der Waals surface area (Å²) in [5, 5.41) is 2.84. The van der Waals surface area contributed by atoms with E-state index in [0.29, 0.717) is 24.3 Å². The highest BCUT2D eigenvalue weighted by atomic mass is 32.2. The summed E-state index contributed by atoms with van der Waals surface area (Å²) >= 11 is 0. The highest BCUT2D eigenvalue weighted by Gasteiger charge is 2.18. The normalized spacial score (nSPS) is 11.2. The second kappa shape index (κ2) is 9.50. The standard InChI is InChI=1S/C20H25FN2O3S/c1-3-23(27(25,26)4-2)19-13-9-17(10-14-19)20(24)22-15-5-6-16-7-11-18(21)12-8-16/h7-14H,3-6,15H2,1-2H3,(H,22,24). The van der Waals surface area contributed by atoms with Crippen molar-refractivity contribution in [3.63, 3.8) is 0 Å². The lowest BCUT2D eigenvalue weighted by Gasteiger charge is -2.22. The minimum Gasteiger partial charge on any atom is -0.352 e. The second-order valence-corrected chi connectivity index (χ2v) is 8.28. The van der Waals surface area contributed by atoms with Gasteiger partial charge in [0.05, 0.1) is 11.4 Å². The van der Waals surface area contributed by atoms with Crippen molar-refractivity contribution in [1.82, 2.24) is 5.32 Å². The third-order valence-corrected chi connectivity index (χ3v) is 6.12. The number of aryl methyl sites for hydroxylation is 1. The van der Waals surface area contributed by atoms with E-state index in [1.54, 1.807) is 50.2 Å². The van der Waals surface area contributed by atoms with Crippen LogP contribution in [0.15, 0.2) is 48.5 Å². The number of benzene rings is 2. The van der Waals surface area contributed by atoms with Gasteiger partial charge in [0.1, 0.15) is 5.82 Å². The summed E-state index contributed by atoms with van der Waals surface area (Å²) < 4.78 is 38.4. The van der Waals surface area contributed by atoms with Crippen LogP contribution in [0.4, 0.5) is 10.1 Å². The molecule has 0 fully saturated rings. The third-order valence-electron chi connectivity index (χ3n) is 4.25. The molecule has 0 aliphatic rings. The zero-order valence-corrected chi connectivity index (χ0v) is 16.4. The number of nitrogens with zero attached hydrogens (tertiary/aromatic N) is 1. The maximum absolute atomic E-state index is 12.9. The van der Waals surface area contributed by atoms with Crippen LogP contribution in [0, 0.1) is 5.82 Å². The van der Waals surface area contributed by atoms with Gasteiger partial charge in [-0.05, 0) is 68.7 Å².